The van der Waals surface area contributed by atoms with E-state index in [0.717, 1.165) is 9.13 Å². The maximum absolute atomic E-state index is 14.9. The molecule has 0 fully saturated rings. The monoisotopic (exact) mass is 498 g/mol. The van der Waals surface area contributed by atoms with Crippen molar-refractivity contribution in [2.75, 3.05) is 0 Å². The molecular formula is C20H13F2IO5. The third-order valence-electron chi connectivity index (χ3n) is 3.76. The number of aromatic carboxylic acids is 1. The molecule has 0 unspecified atom stereocenters. The molecule has 28 heavy (non-hydrogen) atoms. The minimum absolute atomic E-state index is 0.0848. The Hall–Kier alpha value is -2.88. The number of phenols is 1. The molecule has 0 aliphatic heterocycles. The summed E-state index contributed by atoms with van der Waals surface area (Å²) in [5.74, 6) is -7.49. The highest BCUT2D eigenvalue weighted by Gasteiger charge is 2.31. The summed E-state index contributed by atoms with van der Waals surface area (Å²) in [7, 11) is 0. The van der Waals surface area contributed by atoms with Gasteiger partial charge in [0.25, 0.3) is 0 Å². The van der Waals surface area contributed by atoms with Crippen molar-refractivity contribution in [3.05, 3.63) is 74.9 Å². The van der Waals surface area contributed by atoms with E-state index in [4.69, 9.17) is 9.47 Å². The van der Waals surface area contributed by atoms with E-state index in [1.54, 1.807) is 24.3 Å². The Balaban J connectivity index is 2.12. The van der Waals surface area contributed by atoms with E-state index in [2.05, 4.69) is 0 Å². The molecule has 8 heteroatoms. The second-order valence-electron chi connectivity index (χ2n) is 5.79. The van der Waals surface area contributed by atoms with E-state index < -0.39 is 40.4 Å². The summed E-state index contributed by atoms with van der Waals surface area (Å²) in [6.07, 6.45) is 0. The minimum atomic E-state index is -1.80. The van der Waals surface area contributed by atoms with E-state index in [9.17, 15) is 23.8 Å². The van der Waals surface area contributed by atoms with Crippen LogP contribution in [0, 0.1) is 22.1 Å². The molecule has 0 amide bonds. The van der Waals surface area contributed by atoms with Crippen molar-refractivity contribution >= 4 is 28.6 Å². The van der Waals surface area contributed by atoms with Gasteiger partial charge in [0.05, 0.1) is 0 Å². The van der Waals surface area contributed by atoms with Crippen molar-refractivity contribution in [3.8, 4) is 28.7 Å². The first-order chi connectivity index (χ1) is 13.3. The summed E-state index contributed by atoms with van der Waals surface area (Å²) < 4.78 is 40.9. The van der Waals surface area contributed by atoms with Gasteiger partial charge in [0.15, 0.2) is 11.6 Å². The molecule has 0 aromatic heterocycles. The van der Waals surface area contributed by atoms with Gasteiger partial charge in [-0.3, -0.25) is 0 Å². The number of hydrogen-bond acceptors (Lipinski definition) is 4. The van der Waals surface area contributed by atoms with Gasteiger partial charge in [-0.15, -0.1) is 0 Å². The smallest absolute Gasteiger partial charge is 0.342 e. The van der Waals surface area contributed by atoms with E-state index in [-0.39, 0.29) is 11.5 Å². The molecule has 0 radical (unpaired) electrons. The predicted octanol–water partition coefficient (Wildman–Crippen LogP) is 5.87. The highest BCUT2D eigenvalue weighted by atomic mass is 127. The SMILES string of the molecule is Cc1ccc(Oc2c(O)c(C(=O)O)c(F)c(Oc3ccc(I)cc3)c2F)cc1. The largest absolute Gasteiger partial charge is 0.503 e. The van der Waals surface area contributed by atoms with Gasteiger partial charge >= 0.3 is 5.97 Å². The van der Waals surface area contributed by atoms with Gasteiger partial charge in [-0.2, -0.15) is 4.39 Å². The van der Waals surface area contributed by atoms with E-state index >= 15 is 0 Å². The van der Waals surface area contributed by atoms with Crippen LogP contribution in [0.1, 0.15) is 15.9 Å². The summed E-state index contributed by atoms with van der Waals surface area (Å²) in [5.41, 5.74) is -0.242. The van der Waals surface area contributed by atoms with Crippen LogP contribution in [0.15, 0.2) is 48.5 Å². The van der Waals surface area contributed by atoms with Crippen LogP contribution in [0.5, 0.6) is 28.7 Å². The molecule has 0 atom stereocenters. The van der Waals surface area contributed by atoms with Gasteiger partial charge in [-0.25, -0.2) is 9.18 Å². The first-order valence-corrected chi connectivity index (χ1v) is 9.01. The molecule has 0 heterocycles. The highest BCUT2D eigenvalue weighted by molar-refractivity contribution is 14.1. The molecule has 3 rings (SSSR count). The van der Waals surface area contributed by atoms with Gasteiger partial charge < -0.3 is 19.7 Å². The quantitative estimate of drug-likeness (QED) is 0.431. The molecule has 144 valence electrons. The van der Waals surface area contributed by atoms with E-state index in [1.165, 1.54) is 24.3 Å². The number of ether oxygens (including phenoxy) is 2. The number of carbonyl (C=O) groups is 1. The number of aromatic hydroxyl groups is 1. The number of rotatable bonds is 5. The lowest BCUT2D eigenvalue weighted by Crippen LogP contribution is -2.07. The highest BCUT2D eigenvalue weighted by Crippen LogP contribution is 2.44. The Morgan fingerprint density at radius 2 is 1.39 bits per heavy atom. The van der Waals surface area contributed by atoms with Crippen molar-refractivity contribution in [2.45, 2.75) is 6.92 Å². The van der Waals surface area contributed by atoms with Crippen LogP contribution in [0.2, 0.25) is 0 Å². The van der Waals surface area contributed by atoms with Crippen molar-refractivity contribution in [2.24, 2.45) is 0 Å². The summed E-state index contributed by atoms with van der Waals surface area (Å²) in [6, 6.07) is 12.6. The second kappa shape index (κ2) is 8.01. The number of aryl methyl sites for hydroxylation is 1. The van der Waals surface area contributed by atoms with Crippen molar-refractivity contribution < 1.29 is 33.3 Å². The zero-order chi connectivity index (χ0) is 20.4. The molecule has 0 saturated carbocycles. The van der Waals surface area contributed by atoms with Gasteiger partial charge in [-0.05, 0) is 65.9 Å². The van der Waals surface area contributed by atoms with Gasteiger partial charge in [0.1, 0.15) is 17.1 Å². The van der Waals surface area contributed by atoms with Crippen LogP contribution in [-0.4, -0.2) is 16.2 Å². The van der Waals surface area contributed by atoms with Crippen LogP contribution in [-0.2, 0) is 0 Å². The molecular weight excluding hydrogens is 485 g/mol. The van der Waals surface area contributed by atoms with Crippen molar-refractivity contribution in [3.63, 3.8) is 0 Å². The molecule has 0 bridgehead atoms. The van der Waals surface area contributed by atoms with Crippen LogP contribution < -0.4 is 9.47 Å². The lowest BCUT2D eigenvalue weighted by atomic mass is 10.1. The van der Waals surface area contributed by atoms with Crippen molar-refractivity contribution in [1.29, 1.82) is 0 Å². The third-order valence-corrected chi connectivity index (χ3v) is 4.48. The van der Waals surface area contributed by atoms with Crippen LogP contribution >= 0.6 is 22.6 Å². The molecule has 0 aliphatic carbocycles. The Morgan fingerprint density at radius 3 is 1.93 bits per heavy atom. The molecule has 5 nitrogen and oxygen atoms in total. The lowest BCUT2D eigenvalue weighted by Gasteiger charge is -2.16. The molecule has 0 saturated heterocycles. The summed E-state index contributed by atoms with van der Waals surface area (Å²) in [5, 5.41) is 19.4. The fourth-order valence-corrected chi connectivity index (χ4v) is 2.72. The second-order valence-corrected chi connectivity index (χ2v) is 7.03. The van der Waals surface area contributed by atoms with Crippen LogP contribution in [0.25, 0.3) is 0 Å². The van der Waals surface area contributed by atoms with Gasteiger partial charge in [0, 0.05) is 3.57 Å². The Morgan fingerprint density at radius 1 is 0.893 bits per heavy atom. The maximum atomic E-state index is 14.9. The Kier molecular flexibility index (Phi) is 5.68. The Labute approximate surface area is 172 Å². The average molecular weight is 498 g/mol. The maximum Gasteiger partial charge on any atom is 0.342 e. The zero-order valence-electron chi connectivity index (χ0n) is 14.4. The molecule has 3 aromatic rings. The Bertz CT molecular complexity index is 959. The van der Waals surface area contributed by atoms with Gasteiger partial charge in [0.2, 0.25) is 17.3 Å². The number of halogens is 3. The van der Waals surface area contributed by atoms with Crippen LogP contribution in [0.4, 0.5) is 8.78 Å². The minimum Gasteiger partial charge on any atom is -0.503 e. The average Bonchev–Trinajstić information content (AvgIpc) is 2.65. The molecule has 3 aromatic carbocycles. The summed E-state index contributed by atoms with van der Waals surface area (Å²) >= 11 is 2.04. The number of carboxylic acids is 1. The normalized spacial score (nSPS) is 10.6. The van der Waals surface area contributed by atoms with Crippen LogP contribution in [0.3, 0.4) is 0 Å². The molecule has 2 N–H and O–H groups in total. The summed E-state index contributed by atoms with van der Waals surface area (Å²) in [6.45, 7) is 1.83. The summed E-state index contributed by atoms with van der Waals surface area (Å²) in [4.78, 5) is 11.4. The van der Waals surface area contributed by atoms with Crippen molar-refractivity contribution in [1.82, 2.24) is 0 Å². The number of benzene rings is 3. The fourth-order valence-electron chi connectivity index (χ4n) is 2.36. The topological polar surface area (TPSA) is 76.0 Å². The van der Waals surface area contributed by atoms with E-state index in [0.29, 0.717) is 0 Å². The first kappa shape index (κ1) is 19.9. The third kappa shape index (κ3) is 4.01. The first-order valence-electron chi connectivity index (χ1n) is 7.93. The fraction of sp³-hybridized carbons (Fsp3) is 0.0500. The lowest BCUT2D eigenvalue weighted by molar-refractivity contribution is 0.0686. The number of carboxylic acid groups (broad SMARTS) is 1. The number of hydrogen-bond donors (Lipinski definition) is 2. The molecule has 0 spiro atoms. The van der Waals surface area contributed by atoms with E-state index in [1.807, 2.05) is 29.5 Å². The predicted molar refractivity (Wildman–Crippen MR) is 105 cm³/mol. The standard InChI is InChI=1S/C20H13F2IO5/c1-10-2-6-12(7-3-10)28-19-16(22)18(15(21)14(17(19)24)20(25)26)27-13-8-4-11(23)5-9-13/h2-9,24H,1H3,(H,25,26). The molecule has 0 aliphatic rings. The zero-order valence-corrected chi connectivity index (χ0v) is 16.5. The van der Waals surface area contributed by atoms with Gasteiger partial charge in [-0.1, -0.05) is 17.7 Å².